The van der Waals surface area contributed by atoms with Crippen molar-refractivity contribution >= 4 is 11.9 Å². The van der Waals surface area contributed by atoms with Crippen LogP contribution in [0.1, 0.15) is 44.3 Å². The number of halogens is 1. The van der Waals surface area contributed by atoms with Gasteiger partial charge in [0, 0.05) is 5.54 Å². The van der Waals surface area contributed by atoms with Gasteiger partial charge in [0.2, 0.25) is 0 Å². The van der Waals surface area contributed by atoms with E-state index in [-0.39, 0.29) is 98.6 Å². The van der Waals surface area contributed by atoms with E-state index < -0.39 is 0 Å². The van der Waals surface area contributed by atoms with Crippen LogP contribution in [0.15, 0.2) is 12.1 Å². The molecular formula is C13H19CsFN3S. The number of hydrogen-bond donors (Lipinski definition) is 1. The van der Waals surface area contributed by atoms with E-state index in [2.05, 4.69) is 9.71 Å². The molecule has 1 rings (SSSR count). The smallest absolute Gasteiger partial charge is 0.358 e. The minimum atomic E-state index is -0.375. The molecule has 0 fully saturated rings. The molecule has 1 unspecified atom stereocenters. The van der Waals surface area contributed by atoms with Crippen molar-refractivity contribution in [1.82, 2.24) is 9.71 Å². The van der Waals surface area contributed by atoms with Crippen molar-refractivity contribution in [2.45, 2.75) is 38.5 Å². The SMILES string of the molecule is CC(SNC(C)(C)C)c1nc(C#N)ccc1F.[CH3-].[Cs+]. The maximum absolute atomic E-state index is 13.6. The Labute approximate surface area is 178 Å². The van der Waals surface area contributed by atoms with Gasteiger partial charge in [-0.05, 0) is 39.8 Å². The summed E-state index contributed by atoms with van der Waals surface area (Å²) in [6.07, 6.45) is 0. The summed E-state index contributed by atoms with van der Waals surface area (Å²) in [5, 5.41) is 8.59. The molecule has 6 heteroatoms. The zero-order chi connectivity index (χ0) is 13.1. The van der Waals surface area contributed by atoms with E-state index in [1.165, 1.54) is 24.1 Å². The molecule has 0 aliphatic carbocycles. The van der Waals surface area contributed by atoms with Crippen molar-refractivity contribution in [3.8, 4) is 6.07 Å². The Morgan fingerprint density at radius 1 is 1.42 bits per heavy atom. The predicted molar refractivity (Wildman–Crippen MR) is 74.2 cm³/mol. The maximum Gasteiger partial charge on any atom is 1.00 e. The van der Waals surface area contributed by atoms with E-state index in [0.717, 1.165) is 0 Å². The van der Waals surface area contributed by atoms with Crippen LogP contribution in [0.3, 0.4) is 0 Å². The van der Waals surface area contributed by atoms with Crippen LogP contribution in [-0.4, -0.2) is 10.5 Å². The van der Waals surface area contributed by atoms with Crippen molar-refractivity contribution < 1.29 is 73.3 Å². The zero-order valence-electron chi connectivity index (χ0n) is 12.4. The second kappa shape index (κ2) is 9.79. The van der Waals surface area contributed by atoms with Gasteiger partial charge in [0.1, 0.15) is 17.6 Å². The molecule has 0 saturated heterocycles. The van der Waals surface area contributed by atoms with Gasteiger partial charge >= 0.3 is 68.9 Å². The van der Waals surface area contributed by atoms with Crippen LogP contribution < -0.4 is 73.6 Å². The summed E-state index contributed by atoms with van der Waals surface area (Å²) >= 11 is 1.41. The molecule has 3 nitrogen and oxygen atoms in total. The van der Waals surface area contributed by atoms with Crippen molar-refractivity contribution in [2.75, 3.05) is 0 Å². The summed E-state index contributed by atoms with van der Waals surface area (Å²) in [5.74, 6) is -0.375. The summed E-state index contributed by atoms with van der Waals surface area (Å²) in [6.45, 7) is 7.95. The Morgan fingerprint density at radius 3 is 2.47 bits per heavy atom. The van der Waals surface area contributed by atoms with E-state index >= 15 is 0 Å². The van der Waals surface area contributed by atoms with E-state index in [1.54, 1.807) is 0 Å². The fraction of sp³-hybridized carbons (Fsp3) is 0.462. The third-order valence-electron chi connectivity index (χ3n) is 1.91. The largest absolute Gasteiger partial charge is 1.00 e. The molecule has 0 aliphatic heterocycles. The van der Waals surface area contributed by atoms with Crippen LogP contribution in [0.4, 0.5) is 4.39 Å². The van der Waals surface area contributed by atoms with Gasteiger partial charge in [-0.3, -0.25) is 4.72 Å². The number of nitrogens with one attached hydrogen (secondary N) is 1. The summed E-state index contributed by atoms with van der Waals surface area (Å²) < 4.78 is 16.8. The molecule has 0 radical (unpaired) electrons. The zero-order valence-corrected chi connectivity index (χ0v) is 19.5. The van der Waals surface area contributed by atoms with E-state index in [9.17, 15) is 4.39 Å². The Kier molecular flexibility index (Phi) is 11.5. The van der Waals surface area contributed by atoms with E-state index in [0.29, 0.717) is 5.69 Å². The number of nitrogens with zero attached hydrogens (tertiary/aromatic N) is 2. The average molecular weight is 401 g/mol. The van der Waals surface area contributed by atoms with Gasteiger partial charge in [-0.2, -0.15) is 5.26 Å². The first-order valence-electron chi connectivity index (χ1n) is 5.33. The molecule has 0 bridgehead atoms. The number of aromatic nitrogens is 1. The molecule has 0 aliphatic rings. The topological polar surface area (TPSA) is 48.7 Å². The van der Waals surface area contributed by atoms with Crippen molar-refractivity contribution in [3.63, 3.8) is 0 Å². The normalized spacial score (nSPS) is 11.8. The number of nitriles is 1. The van der Waals surface area contributed by atoms with Gasteiger partial charge in [0.15, 0.2) is 0 Å². The average Bonchev–Trinajstić information content (AvgIpc) is 2.25. The standard InChI is InChI=1S/C12H16FN3S.CH3.Cs/c1-8(17-16-12(2,3)4)11-10(13)6-5-9(7-14)15-11;;/h5-6,8,16H,1-4H3;1H3;/q;-1;+1. The molecule has 1 N–H and O–H groups in total. The number of pyridine rings is 1. The second-order valence-corrected chi connectivity index (χ2v) is 5.93. The van der Waals surface area contributed by atoms with Crippen LogP contribution >= 0.6 is 11.9 Å². The van der Waals surface area contributed by atoms with E-state index in [1.807, 2.05) is 33.8 Å². The Morgan fingerprint density at radius 2 is 2.00 bits per heavy atom. The minimum Gasteiger partial charge on any atom is -0.358 e. The van der Waals surface area contributed by atoms with Crippen molar-refractivity contribution in [3.05, 3.63) is 36.8 Å². The van der Waals surface area contributed by atoms with Crippen LogP contribution in [0, 0.1) is 24.6 Å². The predicted octanol–water partition coefficient (Wildman–Crippen LogP) is 0.644. The Balaban J connectivity index is 0. The third kappa shape index (κ3) is 8.07. The summed E-state index contributed by atoms with van der Waals surface area (Å²) in [4.78, 5) is 3.99. The van der Waals surface area contributed by atoms with Crippen LogP contribution in [0.2, 0.25) is 0 Å². The molecule has 1 aromatic heterocycles. The third-order valence-corrected chi connectivity index (χ3v) is 3.22. The first-order valence-corrected chi connectivity index (χ1v) is 6.21. The van der Waals surface area contributed by atoms with Gasteiger partial charge in [-0.15, -0.1) is 0 Å². The first-order chi connectivity index (χ1) is 7.83. The number of rotatable bonds is 3. The first kappa shape index (κ1) is 22.2. The maximum atomic E-state index is 13.6. The molecule has 1 atom stereocenters. The van der Waals surface area contributed by atoms with Crippen molar-refractivity contribution in [1.29, 1.82) is 5.26 Å². The molecule has 0 saturated carbocycles. The van der Waals surface area contributed by atoms with E-state index in [4.69, 9.17) is 5.26 Å². The fourth-order valence-electron chi connectivity index (χ4n) is 1.13. The quantitative estimate of drug-likeness (QED) is 0.597. The minimum absolute atomic E-state index is 0. The Bertz CT molecular complexity index is 440. The fourth-order valence-corrected chi connectivity index (χ4v) is 1.93. The molecule has 1 aromatic rings. The molecule has 100 valence electrons. The monoisotopic (exact) mass is 401 g/mol. The number of hydrogen-bond acceptors (Lipinski definition) is 4. The van der Waals surface area contributed by atoms with Crippen molar-refractivity contribution in [2.24, 2.45) is 0 Å². The second-order valence-electron chi connectivity index (χ2n) is 4.79. The molecule has 0 aromatic carbocycles. The van der Waals surface area contributed by atoms with Crippen LogP contribution in [0.5, 0.6) is 0 Å². The van der Waals surface area contributed by atoms with Crippen LogP contribution in [-0.2, 0) is 0 Å². The van der Waals surface area contributed by atoms with Gasteiger partial charge in [-0.25, -0.2) is 9.37 Å². The molecule has 19 heavy (non-hydrogen) atoms. The van der Waals surface area contributed by atoms with Gasteiger partial charge in [0.25, 0.3) is 0 Å². The van der Waals surface area contributed by atoms with Gasteiger partial charge < -0.3 is 7.43 Å². The van der Waals surface area contributed by atoms with Gasteiger partial charge in [0.05, 0.1) is 10.9 Å². The Hall–Kier alpha value is 0.932. The molecule has 1 heterocycles. The molecular weight excluding hydrogens is 382 g/mol. The summed E-state index contributed by atoms with van der Waals surface area (Å²) in [6, 6.07) is 4.58. The molecule has 0 spiro atoms. The summed E-state index contributed by atoms with van der Waals surface area (Å²) in [7, 11) is 0. The summed E-state index contributed by atoms with van der Waals surface area (Å²) in [5.41, 5.74) is 0.498. The van der Waals surface area contributed by atoms with Gasteiger partial charge in [-0.1, -0.05) is 11.9 Å². The molecule has 0 amide bonds. The van der Waals surface area contributed by atoms with Crippen LogP contribution in [0.25, 0.3) is 0 Å².